The zero-order valence-electron chi connectivity index (χ0n) is 16.3. The Labute approximate surface area is 175 Å². The molecule has 1 atom stereocenters. The fourth-order valence-electron chi connectivity index (χ4n) is 3.74. The predicted octanol–water partition coefficient (Wildman–Crippen LogP) is 3.23. The summed E-state index contributed by atoms with van der Waals surface area (Å²) in [7, 11) is 0. The van der Waals surface area contributed by atoms with Crippen molar-refractivity contribution in [2.75, 3.05) is 11.6 Å². The van der Waals surface area contributed by atoms with Crippen LogP contribution in [0.4, 0.5) is 0 Å². The molecule has 2 aromatic rings. The number of thioether (sulfide) groups is 1. The lowest BCUT2D eigenvalue weighted by atomic mass is 10.1. The Bertz CT molecular complexity index is 855. The van der Waals surface area contributed by atoms with Crippen molar-refractivity contribution in [2.45, 2.75) is 44.4 Å². The van der Waals surface area contributed by atoms with E-state index < -0.39 is 6.04 Å². The summed E-state index contributed by atoms with van der Waals surface area (Å²) in [4.78, 5) is 31.6. The van der Waals surface area contributed by atoms with Crippen molar-refractivity contribution in [3.63, 3.8) is 0 Å². The Morgan fingerprint density at radius 3 is 2.72 bits per heavy atom. The monoisotopic (exact) mass is 411 g/mol. The summed E-state index contributed by atoms with van der Waals surface area (Å²) < 4.78 is 6.05. The molecule has 0 bridgehead atoms. The van der Waals surface area contributed by atoms with Crippen LogP contribution in [0, 0.1) is 0 Å². The molecule has 2 fully saturated rings. The van der Waals surface area contributed by atoms with E-state index in [9.17, 15) is 9.59 Å². The third kappa shape index (κ3) is 4.72. The molecule has 6 nitrogen and oxygen atoms in total. The Balaban J connectivity index is 1.39. The van der Waals surface area contributed by atoms with E-state index in [4.69, 9.17) is 4.74 Å². The molecule has 152 valence electrons. The van der Waals surface area contributed by atoms with Gasteiger partial charge >= 0.3 is 0 Å². The van der Waals surface area contributed by atoms with Crippen molar-refractivity contribution in [3.8, 4) is 5.88 Å². The predicted molar refractivity (Wildman–Crippen MR) is 113 cm³/mol. The van der Waals surface area contributed by atoms with Gasteiger partial charge in [0.25, 0.3) is 5.91 Å². The van der Waals surface area contributed by atoms with E-state index in [-0.39, 0.29) is 17.9 Å². The van der Waals surface area contributed by atoms with Crippen molar-refractivity contribution in [1.82, 2.24) is 15.2 Å². The zero-order chi connectivity index (χ0) is 20.1. The lowest BCUT2D eigenvalue weighted by molar-refractivity contribution is -0.124. The van der Waals surface area contributed by atoms with Gasteiger partial charge in [0.15, 0.2) is 0 Å². The molecule has 1 aliphatic heterocycles. The number of hydrogen-bond acceptors (Lipinski definition) is 5. The van der Waals surface area contributed by atoms with Crippen molar-refractivity contribution in [1.29, 1.82) is 0 Å². The lowest BCUT2D eigenvalue weighted by Crippen LogP contribution is -2.47. The van der Waals surface area contributed by atoms with Crippen LogP contribution in [0.15, 0.2) is 48.7 Å². The molecular formula is C22H25N3O3S. The number of nitrogens with one attached hydrogen (secondary N) is 1. The van der Waals surface area contributed by atoms with Gasteiger partial charge in [-0.2, -0.15) is 0 Å². The molecule has 1 N–H and O–H groups in total. The molecule has 0 spiro atoms. The van der Waals surface area contributed by atoms with Gasteiger partial charge in [-0.05, 0) is 43.9 Å². The molecule has 1 aromatic heterocycles. The number of pyridine rings is 1. The van der Waals surface area contributed by atoms with E-state index in [2.05, 4.69) is 10.3 Å². The largest absolute Gasteiger partial charge is 0.474 e. The number of carbonyl (C=O) groups is 2. The zero-order valence-corrected chi connectivity index (χ0v) is 17.1. The third-order valence-corrected chi connectivity index (χ3v) is 6.36. The normalized spacial score (nSPS) is 19.3. The van der Waals surface area contributed by atoms with E-state index in [1.807, 2.05) is 30.3 Å². The van der Waals surface area contributed by atoms with Crippen LogP contribution in [0.2, 0.25) is 0 Å². The highest BCUT2D eigenvalue weighted by Gasteiger charge is 2.35. The van der Waals surface area contributed by atoms with Gasteiger partial charge in [0.1, 0.15) is 12.1 Å². The van der Waals surface area contributed by atoms with E-state index in [1.165, 1.54) is 12.8 Å². The average Bonchev–Trinajstić information content (AvgIpc) is 3.45. The molecule has 7 heteroatoms. The maximum atomic E-state index is 12.8. The summed E-state index contributed by atoms with van der Waals surface area (Å²) in [5, 5.41) is 2.98. The van der Waals surface area contributed by atoms with Crippen LogP contribution in [-0.2, 0) is 11.3 Å². The fourth-order valence-corrected chi connectivity index (χ4v) is 4.89. The number of benzene rings is 1. The number of nitrogens with zero attached hydrogens (tertiary/aromatic N) is 2. The van der Waals surface area contributed by atoms with Gasteiger partial charge in [0.05, 0.1) is 5.88 Å². The van der Waals surface area contributed by atoms with Crippen LogP contribution in [0.25, 0.3) is 0 Å². The molecule has 1 aromatic carbocycles. The van der Waals surface area contributed by atoms with Crippen LogP contribution < -0.4 is 10.1 Å². The first kappa shape index (κ1) is 19.8. The number of hydrogen-bond donors (Lipinski definition) is 1. The van der Waals surface area contributed by atoms with Gasteiger partial charge in [0, 0.05) is 29.6 Å². The smallest absolute Gasteiger partial charge is 0.255 e. The molecule has 2 amide bonds. The van der Waals surface area contributed by atoms with Crippen molar-refractivity contribution < 1.29 is 14.3 Å². The van der Waals surface area contributed by atoms with Crippen molar-refractivity contribution >= 4 is 23.6 Å². The molecule has 1 saturated heterocycles. The first-order valence-corrected chi connectivity index (χ1v) is 11.2. The van der Waals surface area contributed by atoms with Crippen LogP contribution >= 0.6 is 11.8 Å². The van der Waals surface area contributed by atoms with Gasteiger partial charge in [0.2, 0.25) is 11.8 Å². The summed E-state index contributed by atoms with van der Waals surface area (Å²) in [5.41, 5.74) is 1.46. The average molecular weight is 412 g/mol. The van der Waals surface area contributed by atoms with Crippen LogP contribution in [0.1, 0.15) is 41.6 Å². The van der Waals surface area contributed by atoms with Crippen molar-refractivity contribution in [2.24, 2.45) is 0 Å². The van der Waals surface area contributed by atoms with Gasteiger partial charge < -0.3 is 15.0 Å². The highest BCUT2D eigenvalue weighted by molar-refractivity contribution is 7.99. The van der Waals surface area contributed by atoms with Gasteiger partial charge in [-0.3, -0.25) is 9.59 Å². The molecule has 1 saturated carbocycles. The van der Waals surface area contributed by atoms with E-state index in [0.717, 1.165) is 18.4 Å². The van der Waals surface area contributed by atoms with Gasteiger partial charge in [-0.15, -0.1) is 11.8 Å². The number of amides is 2. The van der Waals surface area contributed by atoms with Gasteiger partial charge in [-0.1, -0.05) is 24.3 Å². The Morgan fingerprint density at radius 1 is 1.14 bits per heavy atom. The minimum atomic E-state index is -0.469. The minimum absolute atomic E-state index is 0.109. The van der Waals surface area contributed by atoms with E-state index >= 15 is 0 Å². The number of ether oxygens (including phenoxy) is 1. The summed E-state index contributed by atoms with van der Waals surface area (Å²) in [6, 6.07) is 12.4. The quantitative estimate of drug-likeness (QED) is 0.790. The van der Waals surface area contributed by atoms with E-state index in [0.29, 0.717) is 29.6 Å². The highest BCUT2D eigenvalue weighted by atomic mass is 32.2. The third-order valence-electron chi connectivity index (χ3n) is 5.35. The van der Waals surface area contributed by atoms with Crippen LogP contribution in [0.5, 0.6) is 5.88 Å². The second-order valence-corrected chi connectivity index (χ2v) is 8.37. The minimum Gasteiger partial charge on any atom is -0.474 e. The Morgan fingerprint density at radius 2 is 1.93 bits per heavy atom. The fraction of sp³-hybridized carbons (Fsp3) is 0.409. The second-order valence-electron chi connectivity index (χ2n) is 7.37. The molecular weight excluding hydrogens is 386 g/mol. The summed E-state index contributed by atoms with van der Waals surface area (Å²) in [5.74, 6) is 1.47. The summed E-state index contributed by atoms with van der Waals surface area (Å²) >= 11 is 1.59. The maximum Gasteiger partial charge on any atom is 0.255 e. The molecule has 0 radical (unpaired) electrons. The lowest BCUT2D eigenvalue weighted by Gasteiger charge is -2.23. The van der Waals surface area contributed by atoms with Crippen LogP contribution in [-0.4, -0.2) is 45.5 Å². The highest BCUT2D eigenvalue weighted by Crippen LogP contribution is 2.26. The first-order chi connectivity index (χ1) is 14.2. The molecule has 4 rings (SSSR count). The first-order valence-electron chi connectivity index (χ1n) is 10.0. The molecule has 2 aliphatic rings. The second kappa shape index (κ2) is 9.31. The van der Waals surface area contributed by atoms with Crippen LogP contribution in [0.3, 0.4) is 0 Å². The maximum absolute atomic E-state index is 12.8. The number of carbonyl (C=O) groups excluding carboxylic acids is 2. The molecule has 1 aliphatic carbocycles. The van der Waals surface area contributed by atoms with E-state index in [1.54, 1.807) is 35.0 Å². The number of aromatic nitrogens is 1. The van der Waals surface area contributed by atoms with Gasteiger partial charge in [-0.25, -0.2) is 4.98 Å². The SMILES string of the molecule is O=C(NCc1cccnc1OC1CCCC1)[C@@H]1CSCN1C(=O)c1ccccc1. The molecule has 29 heavy (non-hydrogen) atoms. The Hall–Kier alpha value is -2.54. The Kier molecular flexibility index (Phi) is 6.34. The molecule has 2 heterocycles. The summed E-state index contributed by atoms with van der Waals surface area (Å²) in [6.45, 7) is 0.337. The van der Waals surface area contributed by atoms with Crippen molar-refractivity contribution in [3.05, 3.63) is 59.8 Å². The topological polar surface area (TPSA) is 71.5 Å². The summed E-state index contributed by atoms with van der Waals surface area (Å²) in [6.07, 6.45) is 6.41. The number of rotatable bonds is 6. The molecule has 0 unspecified atom stereocenters. The standard InChI is InChI=1S/C22H25N3O3S/c26-20(19-14-29-15-25(19)22(27)16-7-2-1-3-8-16)24-13-17-9-6-12-23-21(17)28-18-10-4-5-11-18/h1-3,6-9,12,18-19H,4-5,10-11,13-15H2,(H,24,26)/t19-/m0/s1.